The molecule has 0 saturated heterocycles. The number of hydrogen-bond donors (Lipinski definition) is 1. The molecule has 0 unspecified atom stereocenters. The van der Waals surface area contributed by atoms with E-state index in [-0.39, 0.29) is 0 Å². The monoisotopic (exact) mass is 325 g/mol. The van der Waals surface area contributed by atoms with Gasteiger partial charge in [0.25, 0.3) is 0 Å². The number of benzene rings is 1. The molecule has 0 bridgehead atoms. The van der Waals surface area contributed by atoms with Gasteiger partial charge in [-0.25, -0.2) is 9.97 Å². The Labute approximate surface area is 120 Å². The van der Waals surface area contributed by atoms with Crippen LogP contribution in [-0.4, -0.2) is 9.97 Å². The van der Waals surface area contributed by atoms with Crippen molar-refractivity contribution in [2.45, 2.75) is 19.8 Å². The van der Waals surface area contributed by atoms with Crippen molar-refractivity contribution in [1.29, 1.82) is 0 Å². The molecule has 1 aromatic carbocycles. The summed E-state index contributed by atoms with van der Waals surface area (Å²) in [5.41, 5.74) is 0.960. The first-order valence-electron chi connectivity index (χ1n) is 5.73. The first kappa shape index (κ1) is 13.3. The van der Waals surface area contributed by atoms with E-state index in [2.05, 4.69) is 38.1 Å². The van der Waals surface area contributed by atoms with Gasteiger partial charge in [-0.1, -0.05) is 40.5 Å². The minimum Gasteiger partial charge on any atom is -0.340 e. The van der Waals surface area contributed by atoms with Crippen LogP contribution >= 0.6 is 27.5 Å². The van der Waals surface area contributed by atoms with E-state index >= 15 is 0 Å². The SMILES string of the molecule is CCCc1nc(Cl)cc(Nc2cccc(Br)c2)n1. The number of nitrogens with one attached hydrogen (secondary N) is 1. The Bertz CT molecular complexity index is 546. The largest absolute Gasteiger partial charge is 0.340 e. The van der Waals surface area contributed by atoms with Gasteiger partial charge in [0, 0.05) is 22.6 Å². The molecule has 1 heterocycles. The van der Waals surface area contributed by atoms with E-state index in [0.717, 1.165) is 34.6 Å². The molecule has 1 N–H and O–H groups in total. The third-order valence-corrected chi connectivity index (χ3v) is 3.00. The lowest BCUT2D eigenvalue weighted by Gasteiger charge is -2.07. The molecule has 94 valence electrons. The molecule has 0 aliphatic rings. The summed E-state index contributed by atoms with van der Waals surface area (Å²) in [6, 6.07) is 9.61. The van der Waals surface area contributed by atoms with Crippen molar-refractivity contribution in [2.24, 2.45) is 0 Å². The van der Waals surface area contributed by atoms with Gasteiger partial charge in [-0.15, -0.1) is 0 Å². The summed E-state index contributed by atoms with van der Waals surface area (Å²) < 4.78 is 1.02. The van der Waals surface area contributed by atoms with E-state index in [4.69, 9.17) is 11.6 Å². The van der Waals surface area contributed by atoms with Gasteiger partial charge in [-0.3, -0.25) is 0 Å². The molecule has 18 heavy (non-hydrogen) atoms. The number of aromatic nitrogens is 2. The molecular formula is C13H13BrClN3. The van der Waals surface area contributed by atoms with Crippen LogP contribution in [0.3, 0.4) is 0 Å². The van der Waals surface area contributed by atoms with Gasteiger partial charge in [-0.2, -0.15) is 0 Å². The first-order chi connectivity index (χ1) is 8.67. The molecular weight excluding hydrogens is 314 g/mol. The predicted molar refractivity (Wildman–Crippen MR) is 78.5 cm³/mol. The minimum atomic E-state index is 0.464. The van der Waals surface area contributed by atoms with Crippen LogP contribution in [0.15, 0.2) is 34.8 Å². The van der Waals surface area contributed by atoms with Crippen LogP contribution in [-0.2, 0) is 6.42 Å². The predicted octanol–water partition coefficient (Wildman–Crippen LogP) is 4.59. The molecule has 0 saturated carbocycles. The van der Waals surface area contributed by atoms with Crippen molar-refractivity contribution in [1.82, 2.24) is 9.97 Å². The quantitative estimate of drug-likeness (QED) is 0.835. The summed E-state index contributed by atoms with van der Waals surface area (Å²) in [5.74, 6) is 1.49. The van der Waals surface area contributed by atoms with Gasteiger partial charge in [0.15, 0.2) is 0 Å². The molecule has 0 amide bonds. The van der Waals surface area contributed by atoms with E-state index in [1.807, 2.05) is 24.3 Å². The number of nitrogens with zero attached hydrogens (tertiary/aromatic N) is 2. The van der Waals surface area contributed by atoms with Gasteiger partial charge in [-0.05, 0) is 24.6 Å². The molecule has 0 aliphatic heterocycles. The number of hydrogen-bond acceptors (Lipinski definition) is 3. The summed E-state index contributed by atoms with van der Waals surface area (Å²) in [4.78, 5) is 8.61. The number of rotatable bonds is 4. The fourth-order valence-corrected chi connectivity index (χ4v) is 2.18. The summed E-state index contributed by atoms with van der Waals surface area (Å²) in [5, 5.41) is 3.68. The van der Waals surface area contributed by atoms with Gasteiger partial charge in [0.2, 0.25) is 0 Å². The van der Waals surface area contributed by atoms with E-state index in [0.29, 0.717) is 5.15 Å². The van der Waals surface area contributed by atoms with E-state index in [1.165, 1.54) is 0 Å². The van der Waals surface area contributed by atoms with Crippen LogP contribution in [0.25, 0.3) is 0 Å². The second-order valence-corrected chi connectivity index (χ2v) is 5.18. The van der Waals surface area contributed by atoms with Gasteiger partial charge >= 0.3 is 0 Å². The van der Waals surface area contributed by atoms with Crippen molar-refractivity contribution in [2.75, 3.05) is 5.32 Å². The van der Waals surface area contributed by atoms with Gasteiger partial charge in [0.1, 0.15) is 16.8 Å². The molecule has 2 rings (SSSR count). The smallest absolute Gasteiger partial charge is 0.135 e. The lowest BCUT2D eigenvalue weighted by molar-refractivity contribution is 0.837. The van der Waals surface area contributed by atoms with Gasteiger partial charge in [0.05, 0.1) is 0 Å². The average molecular weight is 327 g/mol. The van der Waals surface area contributed by atoms with Crippen molar-refractivity contribution in [3.8, 4) is 0 Å². The summed E-state index contributed by atoms with van der Waals surface area (Å²) in [6.07, 6.45) is 1.82. The zero-order valence-electron chi connectivity index (χ0n) is 9.95. The Balaban J connectivity index is 2.23. The highest BCUT2D eigenvalue weighted by Gasteiger charge is 2.03. The highest BCUT2D eigenvalue weighted by atomic mass is 79.9. The number of halogens is 2. The summed E-state index contributed by atoms with van der Waals surface area (Å²) in [7, 11) is 0. The van der Waals surface area contributed by atoms with Crippen LogP contribution in [0.4, 0.5) is 11.5 Å². The molecule has 0 spiro atoms. The second kappa shape index (κ2) is 6.16. The van der Waals surface area contributed by atoms with E-state index in [9.17, 15) is 0 Å². The Hall–Kier alpha value is -1.13. The highest BCUT2D eigenvalue weighted by Crippen LogP contribution is 2.21. The molecule has 0 fully saturated rings. The molecule has 2 aromatic rings. The van der Waals surface area contributed by atoms with Crippen LogP contribution in [0.2, 0.25) is 5.15 Å². The van der Waals surface area contributed by atoms with Crippen molar-refractivity contribution in [3.05, 3.63) is 45.8 Å². The zero-order valence-corrected chi connectivity index (χ0v) is 12.3. The lowest BCUT2D eigenvalue weighted by atomic mass is 10.3. The normalized spacial score (nSPS) is 10.4. The molecule has 3 nitrogen and oxygen atoms in total. The Morgan fingerprint density at radius 1 is 1.28 bits per heavy atom. The maximum atomic E-state index is 5.98. The topological polar surface area (TPSA) is 37.8 Å². The van der Waals surface area contributed by atoms with Crippen LogP contribution in [0.5, 0.6) is 0 Å². The lowest BCUT2D eigenvalue weighted by Crippen LogP contribution is -2.00. The van der Waals surface area contributed by atoms with E-state index in [1.54, 1.807) is 6.07 Å². The molecule has 5 heteroatoms. The van der Waals surface area contributed by atoms with Crippen molar-refractivity contribution >= 4 is 39.0 Å². The van der Waals surface area contributed by atoms with Crippen LogP contribution < -0.4 is 5.32 Å². The molecule has 0 aliphatic carbocycles. The highest BCUT2D eigenvalue weighted by molar-refractivity contribution is 9.10. The first-order valence-corrected chi connectivity index (χ1v) is 6.90. The van der Waals surface area contributed by atoms with Crippen LogP contribution in [0.1, 0.15) is 19.2 Å². The maximum Gasteiger partial charge on any atom is 0.135 e. The maximum absolute atomic E-state index is 5.98. The fraction of sp³-hybridized carbons (Fsp3) is 0.231. The zero-order chi connectivity index (χ0) is 13.0. The Morgan fingerprint density at radius 2 is 2.11 bits per heavy atom. The minimum absolute atomic E-state index is 0.464. The van der Waals surface area contributed by atoms with Gasteiger partial charge < -0.3 is 5.32 Å². The Kier molecular flexibility index (Phi) is 4.55. The second-order valence-electron chi connectivity index (χ2n) is 3.88. The van der Waals surface area contributed by atoms with Crippen molar-refractivity contribution in [3.63, 3.8) is 0 Å². The molecule has 0 radical (unpaired) electrons. The summed E-state index contributed by atoms with van der Waals surface area (Å²) >= 11 is 9.41. The summed E-state index contributed by atoms with van der Waals surface area (Å²) in [6.45, 7) is 2.09. The third-order valence-electron chi connectivity index (χ3n) is 2.31. The molecule has 1 aromatic heterocycles. The fourth-order valence-electron chi connectivity index (χ4n) is 1.58. The molecule has 0 atom stereocenters. The number of aryl methyl sites for hydroxylation is 1. The standard InChI is InChI=1S/C13H13BrClN3/c1-2-4-12-17-11(15)8-13(18-12)16-10-6-3-5-9(14)7-10/h3,5-8H,2,4H2,1H3,(H,16,17,18). The van der Waals surface area contributed by atoms with E-state index < -0.39 is 0 Å². The number of anilines is 2. The van der Waals surface area contributed by atoms with Crippen LogP contribution in [0, 0.1) is 0 Å². The Morgan fingerprint density at radius 3 is 2.83 bits per heavy atom. The van der Waals surface area contributed by atoms with Crippen molar-refractivity contribution < 1.29 is 0 Å². The third kappa shape index (κ3) is 3.68. The average Bonchev–Trinajstić information content (AvgIpc) is 2.28.